The van der Waals surface area contributed by atoms with Crippen LogP contribution in [0, 0.1) is 0 Å². The predicted molar refractivity (Wildman–Crippen MR) is 392 cm³/mol. The van der Waals surface area contributed by atoms with Crippen LogP contribution in [0.5, 0.6) is 0 Å². The largest absolute Gasteiger partial charge is 0.309 e. The van der Waals surface area contributed by atoms with Gasteiger partial charge in [-0.25, -0.2) is 0 Å². The Kier molecular flexibility index (Phi) is 12.5. The van der Waals surface area contributed by atoms with Crippen LogP contribution >= 0.6 is 0 Å². The summed E-state index contributed by atoms with van der Waals surface area (Å²) in [5, 5.41) is 7.56. The number of hydrogen-bond acceptors (Lipinski definition) is 2. The average Bonchev–Trinajstić information content (AvgIpc) is 1.45. The molecule has 0 radical (unpaired) electrons. The highest BCUT2D eigenvalue weighted by molar-refractivity contribution is 6.16. The third-order valence-corrected chi connectivity index (χ3v) is 19.9. The number of rotatable bonds is 9. The molecule has 0 N–H and O–H groups in total. The molecule has 94 heavy (non-hydrogen) atoms. The summed E-state index contributed by atoms with van der Waals surface area (Å²) >= 11 is 0. The molecule has 3 aromatic heterocycles. The number of aromatic nitrogens is 3. The lowest BCUT2D eigenvalue weighted by Gasteiger charge is -2.23. The molecule has 0 fully saturated rings. The molecule has 1 aliphatic rings. The maximum atomic E-state index is 15.4. The summed E-state index contributed by atoms with van der Waals surface area (Å²) in [6.45, 7) is 4.58. The summed E-state index contributed by atoms with van der Waals surface area (Å²) in [6.07, 6.45) is 0. The smallest absolute Gasteiger partial charge is 0.263 e. The van der Waals surface area contributed by atoms with Gasteiger partial charge in [-0.2, -0.15) is 0 Å². The van der Waals surface area contributed by atoms with Crippen molar-refractivity contribution >= 4 is 65.2 Å². The molecule has 442 valence electrons. The SMILES string of the molecule is CC1(C)c2ccccc2-c2cc3c4ccccc4c(=O)n(-c4ccc(-n5c6ccccc6c6c(-c7ccc(-c8ccc9c(=O)n(-c%10cccc(-c%11cc(-c%12ccccc%12)cc(-c%12ccccc%12)c%11)c%10)c%10ccc(-c%11ccccc%11)cc%10c9c8)cc7)cccc65)cc4)c3cc21. The molecule has 14 aromatic carbocycles. The van der Waals surface area contributed by atoms with Crippen molar-refractivity contribution in [2.24, 2.45) is 0 Å². The Labute approximate surface area is 543 Å². The van der Waals surface area contributed by atoms with Gasteiger partial charge in [0.05, 0.1) is 22.1 Å². The summed E-state index contributed by atoms with van der Waals surface area (Å²) in [5.74, 6) is 0. The topological polar surface area (TPSA) is 48.9 Å². The Bertz CT molecular complexity index is 6020. The summed E-state index contributed by atoms with van der Waals surface area (Å²) in [5.41, 5.74) is 24.3. The van der Waals surface area contributed by atoms with Crippen LogP contribution in [-0.2, 0) is 5.41 Å². The van der Waals surface area contributed by atoms with Crippen molar-refractivity contribution in [3.05, 3.63) is 353 Å². The van der Waals surface area contributed by atoms with Gasteiger partial charge >= 0.3 is 0 Å². The predicted octanol–water partition coefficient (Wildman–Crippen LogP) is 22.0. The van der Waals surface area contributed by atoms with E-state index in [0.29, 0.717) is 10.8 Å². The van der Waals surface area contributed by atoms with Crippen molar-refractivity contribution < 1.29 is 0 Å². The minimum Gasteiger partial charge on any atom is -0.309 e. The second-order valence-electron chi connectivity index (χ2n) is 25.5. The van der Waals surface area contributed by atoms with Crippen LogP contribution in [0.4, 0.5) is 0 Å². The third-order valence-electron chi connectivity index (χ3n) is 19.9. The van der Waals surface area contributed by atoms with E-state index in [0.717, 1.165) is 138 Å². The van der Waals surface area contributed by atoms with E-state index in [1.54, 1.807) is 0 Å². The molecule has 0 atom stereocenters. The molecule has 0 amide bonds. The van der Waals surface area contributed by atoms with Crippen LogP contribution in [0.15, 0.2) is 331 Å². The Morgan fingerprint density at radius 3 is 1.36 bits per heavy atom. The van der Waals surface area contributed by atoms with E-state index in [-0.39, 0.29) is 16.5 Å². The maximum absolute atomic E-state index is 15.4. The van der Waals surface area contributed by atoms with Gasteiger partial charge < -0.3 is 4.57 Å². The summed E-state index contributed by atoms with van der Waals surface area (Å²) < 4.78 is 6.16. The molecule has 0 saturated heterocycles. The first-order chi connectivity index (χ1) is 46.2. The maximum Gasteiger partial charge on any atom is 0.263 e. The number of pyridine rings is 2. The second kappa shape index (κ2) is 21.5. The number of hydrogen-bond donors (Lipinski definition) is 0. The zero-order valence-corrected chi connectivity index (χ0v) is 51.8. The highest BCUT2D eigenvalue weighted by Crippen LogP contribution is 2.51. The minimum absolute atomic E-state index is 0.0361. The van der Waals surface area contributed by atoms with Gasteiger partial charge in [0, 0.05) is 54.8 Å². The second-order valence-corrected chi connectivity index (χ2v) is 25.5. The zero-order valence-electron chi connectivity index (χ0n) is 51.8. The van der Waals surface area contributed by atoms with E-state index in [1.807, 2.05) is 45.5 Å². The lowest BCUT2D eigenvalue weighted by atomic mass is 9.82. The van der Waals surface area contributed by atoms with Crippen molar-refractivity contribution in [1.29, 1.82) is 0 Å². The number of fused-ring (bicyclic) bond motifs is 12. The standard InChI is InChI=1S/C89H59N3O2/c1-89(2)80-33-16-14-29-72(80)77-54-79-71-28-12-13-30-73(71)87(93)91(85(79)55-81(77)89)68-44-42-67(43-45-68)90-82-34-17-15-31-75(82)86-70(32-19-35-84(86)90)60-38-36-59(37-39-60)62-40-46-74-76(52-62)78-53-63(56-20-6-3-7-21-56)41-47-83(78)92(88(74)94)69-27-18-26-61(51-69)66-49-64(57-22-8-4-9-23-57)48-65(50-66)58-24-10-5-11-25-58/h3-55H,1-2H3. The molecule has 5 heteroatoms. The van der Waals surface area contributed by atoms with E-state index in [2.05, 4.69) is 304 Å². The number of benzene rings is 14. The molecule has 3 heterocycles. The normalized spacial score (nSPS) is 12.5. The van der Waals surface area contributed by atoms with E-state index in [1.165, 1.54) is 22.3 Å². The fourth-order valence-corrected chi connectivity index (χ4v) is 15.2. The molecule has 18 rings (SSSR count). The summed E-state index contributed by atoms with van der Waals surface area (Å²) in [6, 6.07) is 113. The number of nitrogens with zero attached hydrogens (tertiary/aromatic N) is 3. The van der Waals surface area contributed by atoms with Crippen molar-refractivity contribution in [1.82, 2.24) is 13.7 Å². The van der Waals surface area contributed by atoms with Crippen LogP contribution in [0.2, 0.25) is 0 Å². The van der Waals surface area contributed by atoms with Gasteiger partial charge in [0.25, 0.3) is 11.1 Å². The number of para-hydroxylation sites is 1. The first-order valence-electron chi connectivity index (χ1n) is 32.2. The minimum atomic E-state index is -0.228. The van der Waals surface area contributed by atoms with Gasteiger partial charge in [0.2, 0.25) is 0 Å². The highest BCUT2D eigenvalue weighted by Gasteiger charge is 2.36. The molecule has 5 nitrogen and oxygen atoms in total. The van der Waals surface area contributed by atoms with Crippen LogP contribution in [0.25, 0.3) is 160 Å². The molecule has 0 saturated carbocycles. The summed E-state index contributed by atoms with van der Waals surface area (Å²) in [4.78, 5) is 30.2. The van der Waals surface area contributed by atoms with Crippen LogP contribution in [0.3, 0.4) is 0 Å². The monoisotopic (exact) mass is 1200 g/mol. The Balaban J connectivity index is 0.719. The van der Waals surface area contributed by atoms with Gasteiger partial charge in [0.15, 0.2) is 0 Å². The van der Waals surface area contributed by atoms with Gasteiger partial charge in [0.1, 0.15) is 0 Å². The van der Waals surface area contributed by atoms with Gasteiger partial charge in [-0.05, 0) is 209 Å². The highest BCUT2D eigenvalue weighted by atomic mass is 16.1. The molecule has 1 aliphatic carbocycles. The van der Waals surface area contributed by atoms with Gasteiger partial charge in [-0.1, -0.05) is 226 Å². The van der Waals surface area contributed by atoms with Gasteiger partial charge in [-0.3, -0.25) is 18.7 Å². The van der Waals surface area contributed by atoms with E-state index in [4.69, 9.17) is 0 Å². The van der Waals surface area contributed by atoms with Gasteiger partial charge in [-0.15, -0.1) is 0 Å². The average molecular weight is 1200 g/mol. The van der Waals surface area contributed by atoms with Crippen molar-refractivity contribution in [2.75, 3.05) is 0 Å². The van der Waals surface area contributed by atoms with E-state index >= 15 is 4.79 Å². The summed E-state index contributed by atoms with van der Waals surface area (Å²) in [7, 11) is 0. The quantitative estimate of drug-likeness (QED) is 0.135. The molecular weight excluding hydrogens is 1140 g/mol. The first kappa shape index (κ1) is 54.7. The van der Waals surface area contributed by atoms with Crippen molar-refractivity contribution in [2.45, 2.75) is 19.3 Å². The van der Waals surface area contributed by atoms with Crippen molar-refractivity contribution in [3.8, 4) is 95.0 Å². The molecule has 17 aromatic rings. The molecule has 0 unspecified atom stereocenters. The van der Waals surface area contributed by atoms with Crippen LogP contribution in [0.1, 0.15) is 25.0 Å². The Hall–Kier alpha value is -12.2. The fourth-order valence-electron chi connectivity index (χ4n) is 15.2. The van der Waals surface area contributed by atoms with Crippen LogP contribution in [-0.4, -0.2) is 13.7 Å². The van der Waals surface area contributed by atoms with Crippen molar-refractivity contribution in [3.63, 3.8) is 0 Å². The third kappa shape index (κ3) is 8.69. The first-order valence-corrected chi connectivity index (χ1v) is 32.2. The molecule has 0 spiro atoms. The Morgan fingerprint density at radius 1 is 0.223 bits per heavy atom. The zero-order chi connectivity index (χ0) is 62.8. The molecule has 0 aliphatic heterocycles. The fraction of sp³-hybridized carbons (Fsp3) is 0.0337. The van der Waals surface area contributed by atoms with E-state index < -0.39 is 0 Å². The Morgan fingerprint density at radius 2 is 0.670 bits per heavy atom. The van der Waals surface area contributed by atoms with E-state index in [9.17, 15) is 4.79 Å². The molecule has 0 bridgehead atoms. The lowest BCUT2D eigenvalue weighted by molar-refractivity contribution is 0.661. The lowest BCUT2D eigenvalue weighted by Crippen LogP contribution is -2.20. The van der Waals surface area contributed by atoms with Crippen LogP contribution < -0.4 is 11.1 Å². The molecular formula is C89H59N3O2.